The number of hydrogen-bond acceptors (Lipinski definition) is 3. The molecule has 1 aliphatic rings. The first-order chi connectivity index (χ1) is 8.66. The maximum Gasteiger partial charge on any atom is 0.166 e. The highest BCUT2D eigenvalue weighted by Gasteiger charge is 2.25. The van der Waals surface area contributed by atoms with Crippen LogP contribution in [0.1, 0.15) is 25.3 Å². The van der Waals surface area contributed by atoms with E-state index in [9.17, 15) is 10.2 Å². The van der Waals surface area contributed by atoms with Crippen molar-refractivity contribution in [1.82, 2.24) is 4.90 Å². The van der Waals surface area contributed by atoms with Gasteiger partial charge in [0.2, 0.25) is 0 Å². The van der Waals surface area contributed by atoms with E-state index in [-0.39, 0.29) is 6.04 Å². The second kappa shape index (κ2) is 6.32. The van der Waals surface area contributed by atoms with E-state index in [4.69, 9.17) is 0 Å². The molecule has 3 nitrogen and oxygen atoms in total. The fourth-order valence-corrected chi connectivity index (χ4v) is 2.70. The maximum atomic E-state index is 9.19. The third-order valence-electron chi connectivity index (χ3n) is 4.02. The van der Waals surface area contributed by atoms with Gasteiger partial charge in [-0.3, -0.25) is 4.90 Å². The molecule has 0 amide bonds. The lowest BCUT2D eigenvalue weighted by Gasteiger charge is -2.36. The molecule has 0 aliphatic carbocycles. The van der Waals surface area contributed by atoms with Crippen molar-refractivity contribution in [2.75, 3.05) is 13.1 Å². The summed E-state index contributed by atoms with van der Waals surface area (Å²) < 4.78 is 0. The molecule has 100 valence electrons. The van der Waals surface area contributed by atoms with Crippen molar-refractivity contribution < 1.29 is 10.2 Å². The Hall–Kier alpha value is -0.900. The Balaban J connectivity index is 1.80. The number of rotatable bonds is 4. The fourth-order valence-electron chi connectivity index (χ4n) is 2.70. The molecule has 0 radical (unpaired) electrons. The van der Waals surface area contributed by atoms with Crippen LogP contribution in [-0.2, 0) is 6.42 Å². The summed E-state index contributed by atoms with van der Waals surface area (Å²) in [7, 11) is 0. The molecule has 0 aromatic heterocycles. The summed E-state index contributed by atoms with van der Waals surface area (Å²) in [5, 5.41) is 18.4. The Morgan fingerprint density at radius 1 is 1.17 bits per heavy atom. The van der Waals surface area contributed by atoms with Crippen molar-refractivity contribution in [2.45, 2.75) is 38.5 Å². The molecule has 0 bridgehead atoms. The van der Waals surface area contributed by atoms with E-state index in [1.165, 1.54) is 5.56 Å². The normalized spacial score (nSPS) is 20.2. The molecular formula is C15H23NO2. The van der Waals surface area contributed by atoms with Crippen molar-refractivity contribution in [3.05, 3.63) is 35.9 Å². The van der Waals surface area contributed by atoms with E-state index in [1.807, 2.05) is 6.92 Å². The Morgan fingerprint density at radius 2 is 1.78 bits per heavy atom. The minimum Gasteiger partial charge on any atom is -0.367 e. The third-order valence-corrected chi connectivity index (χ3v) is 4.02. The third kappa shape index (κ3) is 3.55. The zero-order chi connectivity index (χ0) is 13.0. The highest BCUT2D eigenvalue weighted by molar-refractivity contribution is 5.15. The Morgan fingerprint density at radius 3 is 2.33 bits per heavy atom. The van der Waals surface area contributed by atoms with Gasteiger partial charge in [-0.25, -0.2) is 0 Å². The quantitative estimate of drug-likeness (QED) is 0.797. The molecule has 2 N–H and O–H groups in total. The van der Waals surface area contributed by atoms with Gasteiger partial charge in [-0.2, -0.15) is 0 Å². The van der Waals surface area contributed by atoms with Gasteiger partial charge in [0, 0.05) is 0 Å². The number of aliphatic hydroxyl groups excluding tert-OH is 1. The average Bonchev–Trinajstić information content (AvgIpc) is 2.40. The summed E-state index contributed by atoms with van der Waals surface area (Å²) in [6, 6.07) is 10.5. The first-order valence-corrected chi connectivity index (χ1v) is 6.81. The van der Waals surface area contributed by atoms with Gasteiger partial charge in [0.15, 0.2) is 6.29 Å². The lowest BCUT2D eigenvalue weighted by molar-refractivity contribution is -0.0997. The number of benzene rings is 1. The largest absolute Gasteiger partial charge is 0.367 e. The van der Waals surface area contributed by atoms with Gasteiger partial charge in [-0.1, -0.05) is 30.3 Å². The van der Waals surface area contributed by atoms with E-state index in [0.29, 0.717) is 0 Å². The van der Waals surface area contributed by atoms with Crippen molar-refractivity contribution in [3.8, 4) is 0 Å². The van der Waals surface area contributed by atoms with Crippen LogP contribution >= 0.6 is 0 Å². The Kier molecular flexibility index (Phi) is 4.75. The summed E-state index contributed by atoms with van der Waals surface area (Å²) in [6.45, 7) is 3.81. The standard InChI is InChI=1S/C15H23NO2/c1-12(15(17)18)16-9-7-14(8-10-16)11-13-5-3-2-4-6-13/h2-6,12,14-15,17-18H,7-11H2,1H3. The Labute approximate surface area is 109 Å². The van der Waals surface area contributed by atoms with Crippen LogP contribution in [0.3, 0.4) is 0 Å². The number of nitrogens with zero attached hydrogens (tertiary/aromatic N) is 1. The summed E-state index contributed by atoms with van der Waals surface area (Å²) >= 11 is 0. The molecule has 1 saturated heterocycles. The lowest BCUT2D eigenvalue weighted by Crippen LogP contribution is -2.45. The van der Waals surface area contributed by atoms with Gasteiger partial charge in [0.25, 0.3) is 0 Å². The highest BCUT2D eigenvalue weighted by Crippen LogP contribution is 2.23. The smallest absolute Gasteiger partial charge is 0.166 e. The minimum absolute atomic E-state index is 0.150. The van der Waals surface area contributed by atoms with Crippen LogP contribution in [0.5, 0.6) is 0 Å². The van der Waals surface area contributed by atoms with Gasteiger partial charge in [0.05, 0.1) is 6.04 Å². The molecular weight excluding hydrogens is 226 g/mol. The minimum atomic E-state index is -1.23. The van der Waals surface area contributed by atoms with E-state index in [0.717, 1.165) is 38.3 Å². The van der Waals surface area contributed by atoms with Crippen LogP contribution in [-0.4, -0.2) is 40.5 Å². The van der Waals surface area contributed by atoms with Gasteiger partial charge in [-0.05, 0) is 50.8 Å². The first kappa shape index (κ1) is 13.5. The number of piperidine rings is 1. The van der Waals surface area contributed by atoms with Crippen molar-refractivity contribution >= 4 is 0 Å². The van der Waals surface area contributed by atoms with Gasteiger partial charge < -0.3 is 10.2 Å². The van der Waals surface area contributed by atoms with E-state index in [1.54, 1.807) is 0 Å². The summed E-state index contributed by atoms with van der Waals surface area (Å²) in [6.07, 6.45) is 2.21. The molecule has 3 heteroatoms. The predicted octanol–water partition coefficient (Wildman–Crippen LogP) is 1.64. The topological polar surface area (TPSA) is 43.7 Å². The summed E-state index contributed by atoms with van der Waals surface area (Å²) in [5.41, 5.74) is 1.41. The number of aliphatic hydroxyl groups is 2. The molecule has 1 fully saturated rings. The molecule has 1 unspecified atom stereocenters. The van der Waals surface area contributed by atoms with Crippen LogP contribution < -0.4 is 0 Å². The summed E-state index contributed by atoms with van der Waals surface area (Å²) in [5.74, 6) is 0.728. The number of likely N-dealkylation sites (tertiary alicyclic amines) is 1. The van der Waals surface area contributed by atoms with Gasteiger partial charge in [-0.15, -0.1) is 0 Å². The van der Waals surface area contributed by atoms with Crippen LogP contribution in [0.25, 0.3) is 0 Å². The van der Waals surface area contributed by atoms with Crippen molar-refractivity contribution in [3.63, 3.8) is 0 Å². The molecule has 2 rings (SSSR count). The molecule has 1 aliphatic heterocycles. The van der Waals surface area contributed by atoms with Crippen LogP contribution in [0.15, 0.2) is 30.3 Å². The van der Waals surface area contributed by atoms with E-state index in [2.05, 4.69) is 35.2 Å². The van der Waals surface area contributed by atoms with Crippen LogP contribution in [0.2, 0.25) is 0 Å². The molecule has 1 aromatic carbocycles. The SMILES string of the molecule is CC(C(O)O)N1CCC(Cc2ccccc2)CC1. The fraction of sp³-hybridized carbons (Fsp3) is 0.600. The molecule has 1 atom stereocenters. The zero-order valence-electron chi connectivity index (χ0n) is 11.0. The number of hydrogen-bond donors (Lipinski definition) is 2. The van der Waals surface area contributed by atoms with Crippen LogP contribution in [0, 0.1) is 5.92 Å². The summed E-state index contributed by atoms with van der Waals surface area (Å²) in [4.78, 5) is 2.17. The molecule has 0 spiro atoms. The first-order valence-electron chi connectivity index (χ1n) is 6.81. The molecule has 18 heavy (non-hydrogen) atoms. The zero-order valence-corrected chi connectivity index (χ0v) is 11.0. The van der Waals surface area contributed by atoms with Gasteiger partial charge >= 0.3 is 0 Å². The van der Waals surface area contributed by atoms with Crippen molar-refractivity contribution in [1.29, 1.82) is 0 Å². The predicted molar refractivity (Wildman–Crippen MR) is 72.1 cm³/mol. The monoisotopic (exact) mass is 249 g/mol. The second-order valence-electron chi connectivity index (χ2n) is 5.32. The van der Waals surface area contributed by atoms with E-state index >= 15 is 0 Å². The maximum absolute atomic E-state index is 9.19. The van der Waals surface area contributed by atoms with Crippen molar-refractivity contribution in [2.24, 2.45) is 5.92 Å². The molecule has 0 saturated carbocycles. The Bertz CT molecular complexity index is 345. The highest BCUT2D eigenvalue weighted by atomic mass is 16.5. The second-order valence-corrected chi connectivity index (χ2v) is 5.32. The molecule has 1 aromatic rings. The van der Waals surface area contributed by atoms with Crippen LogP contribution in [0.4, 0.5) is 0 Å². The molecule has 1 heterocycles. The average molecular weight is 249 g/mol. The van der Waals surface area contributed by atoms with E-state index < -0.39 is 6.29 Å². The van der Waals surface area contributed by atoms with Gasteiger partial charge in [0.1, 0.15) is 0 Å². The lowest BCUT2D eigenvalue weighted by atomic mass is 9.89.